The Balaban J connectivity index is 2.16. The van der Waals surface area contributed by atoms with Crippen LogP contribution in [0.1, 0.15) is 22.5 Å². The SMILES string of the molecule is Cc1nn(C)c(C)c1C=CC(=O)N(CCN(C)C)Cc1ccc(F)cc1. The topological polar surface area (TPSA) is 41.4 Å². The summed E-state index contributed by atoms with van der Waals surface area (Å²) in [6, 6.07) is 6.26. The van der Waals surface area contributed by atoms with Crippen molar-refractivity contribution in [1.82, 2.24) is 19.6 Å². The van der Waals surface area contributed by atoms with Gasteiger partial charge in [-0.3, -0.25) is 9.48 Å². The van der Waals surface area contributed by atoms with E-state index in [0.29, 0.717) is 13.1 Å². The first-order valence-corrected chi connectivity index (χ1v) is 8.64. The summed E-state index contributed by atoms with van der Waals surface area (Å²) in [6.45, 7) is 5.71. The standard InChI is InChI=1S/C20H27FN4O/c1-15-19(16(2)24(5)22-15)10-11-20(26)25(13-12-23(3)4)14-17-6-8-18(21)9-7-17/h6-11H,12-14H2,1-5H3. The van der Waals surface area contributed by atoms with Gasteiger partial charge in [0.15, 0.2) is 0 Å². The number of hydrogen-bond acceptors (Lipinski definition) is 3. The molecule has 1 aromatic carbocycles. The second kappa shape index (κ2) is 8.76. The van der Waals surface area contributed by atoms with Crippen molar-refractivity contribution < 1.29 is 9.18 Å². The zero-order chi connectivity index (χ0) is 19.3. The van der Waals surface area contributed by atoms with Crippen molar-refractivity contribution in [1.29, 1.82) is 0 Å². The van der Waals surface area contributed by atoms with Gasteiger partial charge in [0.25, 0.3) is 0 Å². The van der Waals surface area contributed by atoms with Crippen LogP contribution in [-0.4, -0.2) is 52.7 Å². The molecule has 0 N–H and O–H groups in total. The summed E-state index contributed by atoms with van der Waals surface area (Å²) in [6.07, 6.45) is 3.42. The van der Waals surface area contributed by atoms with Crippen LogP contribution in [0.3, 0.4) is 0 Å². The molecule has 1 aromatic heterocycles. The summed E-state index contributed by atoms with van der Waals surface area (Å²) >= 11 is 0. The molecule has 0 radical (unpaired) electrons. The van der Waals surface area contributed by atoms with Gasteiger partial charge in [-0.05, 0) is 51.7 Å². The van der Waals surface area contributed by atoms with E-state index in [-0.39, 0.29) is 11.7 Å². The van der Waals surface area contributed by atoms with Crippen molar-refractivity contribution in [2.24, 2.45) is 7.05 Å². The van der Waals surface area contributed by atoms with Gasteiger partial charge in [0, 0.05) is 44.0 Å². The normalized spacial score (nSPS) is 11.5. The fourth-order valence-electron chi connectivity index (χ4n) is 2.69. The average molecular weight is 358 g/mol. The summed E-state index contributed by atoms with van der Waals surface area (Å²) in [7, 11) is 5.83. The zero-order valence-electron chi connectivity index (χ0n) is 16.2. The predicted octanol–water partition coefficient (Wildman–Crippen LogP) is 2.78. The van der Waals surface area contributed by atoms with Crippen LogP contribution in [0.2, 0.25) is 0 Å². The van der Waals surface area contributed by atoms with Gasteiger partial charge in [-0.2, -0.15) is 5.10 Å². The van der Waals surface area contributed by atoms with Crippen molar-refractivity contribution in [3.8, 4) is 0 Å². The molecule has 1 amide bonds. The quantitative estimate of drug-likeness (QED) is 0.715. The zero-order valence-corrected chi connectivity index (χ0v) is 16.2. The van der Waals surface area contributed by atoms with Crippen LogP contribution in [0.15, 0.2) is 30.3 Å². The molecular formula is C20H27FN4O. The lowest BCUT2D eigenvalue weighted by atomic mass is 10.1. The van der Waals surface area contributed by atoms with Crippen molar-refractivity contribution >= 4 is 12.0 Å². The number of amides is 1. The highest BCUT2D eigenvalue weighted by atomic mass is 19.1. The third-order valence-electron chi connectivity index (χ3n) is 4.37. The van der Waals surface area contributed by atoms with Crippen molar-refractivity contribution in [2.75, 3.05) is 27.2 Å². The largest absolute Gasteiger partial charge is 0.334 e. The number of benzene rings is 1. The van der Waals surface area contributed by atoms with Crippen LogP contribution in [0.5, 0.6) is 0 Å². The summed E-state index contributed by atoms with van der Waals surface area (Å²) < 4.78 is 14.9. The lowest BCUT2D eigenvalue weighted by Gasteiger charge is -2.23. The molecule has 0 atom stereocenters. The van der Waals surface area contributed by atoms with Crippen LogP contribution in [-0.2, 0) is 18.4 Å². The Morgan fingerprint density at radius 1 is 1.19 bits per heavy atom. The van der Waals surface area contributed by atoms with Crippen LogP contribution in [0, 0.1) is 19.7 Å². The highest BCUT2D eigenvalue weighted by molar-refractivity contribution is 5.92. The molecule has 6 heteroatoms. The molecule has 0 saturated carbocycles. The Morgan fingerprint density at radius 2 is 1.85 bits per heavy atom. The highest BCUT2D eigenvalue weighted by Crippen LogP contribution is 2.14. The molecule has 2 aromatic rings. The summed E-state index contributed by atoms with van der Waals surface area (Å²) in [5, 5.41) is 4.37. The van der Waals surface area contributed by atoms with Gasteiger partial charge in [0.1, 0.15) is 5.82 Å². The molecule has 0 saturated heterocycles. The van der Waals surface area contributed by atoms with Crippen molar-refractivity contribution in [3.63, 3.8) is 0 Å². The van der Waals surface area contributed by atoms with Gasteiger partial charge in [-0.25, -0.2) is 4.39 Å². The summed E-state index contributed by atoms with van der Waals surface area (Å²) in [5.41, 5.74) is 3.79. The van der Waals surface area contributed by atoms with Crippen LogP contribution >= 0.6 is 0 Å². The van der Waals surface area contributed by atoms with Crippen LogP contribution in [0.25, 0.3) is 6.08 Å². The van der Waals surface area contributed by atoms with Gasteiger partial charge >= 0.3 is 0 Å². The van der Waals surface area contributed by atoms with E-state index in [0.717, 1.165) is 29.1 Å². The molecule has 140 valence electrons. The maximum Gasteiger partial charge on any atom is 0.246 e. The number of rotatable bonds is 7. The number of nitrogens with zero attached hydrogens (tertiary/aromatic N) is 4. The first-order chi connectivity index (χ1) is 12.3. The third-order valence-corrected chi connectivity index (χ3v) is 4.37. The van der Waals surface area contributed by atoms with E-state index in [1.807, 2.05) is 50.6 Å². The Labute approximate surface area is 154 Å². The molecule has 0 fully saturated rings. The molecule has 0 bridgehead atoms. The van der Waals surface area contributed by atoms with Crippen molar-refractivity contribution in [2.45, 2.75) is 20.4 Å². The third kappa shape index (κ3) is 5.26. The summed E-state index contributed by atoms with van der Waals surface area (Å²) in [5.74, 6) is -0.346. The maximum atomic E-state index is 13.1. The molecule has 2 rings (SSSR count). The van der Waals surface area contributed by atoms with Crippen LogP contribution < -0.4 is 0 Å². The number of carbonyl (C=O) groups is 1. The van der Waals surface area contributed by atoms with E-state index in [9.17, 15) is 9.18 Å². The number of hydrogen-bond donors (Lipinski definition) is 0. The van der Waals surface area contributed by atoms with E-state index in [1.165, 1.54) is 12.1 Å². The van der Waals surface area contributed by atoms with Gasteiger partial charge in [0.05, 0.1) is 5.69 Å². The van der Waals surface area contributed by atoms with Gasteiger partial charge in [-0.15, -0.1) is 0 Å². The monoisotopic (exact) mass is 358 g/mol. The molecular weight excluding hydrogens is 331 g/mol. The summed E-state index contributed by atoms with van der Waals surface area (Å²) in [4.78, 5) is 16.5. The molecule has 26 heavy (non-hydrogen) atoms. The molecule has 0 aliphatic rings. The first-order valence-electron chi connectivity index (χ1n) is 8.64. The number of halogens is 1. The van der Waals surface area contributed by atoms with Crippen LogP contribution in [0.4, 0.5) is 4.39 Å². The van der Waals surface area contributed by atoms with E-state index in [2.05, 4.69) is 5.10 Å². The predicted molar refractivity (Wildman–Crippen MR) is 102 cm³/mol. The van der Waals surface area contributed by atoms with Gasteiger partial charge < -0.3 is 9.80 Å². The Kier molecular flexibility index (Phi) is 6.69. The Hall–Kier alpha value is -2.47. The van der Waals surface area contributed by atoms with E-state index in [1.54, 1.807) is 23.1 Å². The lowest BCUT2D eigenvalue weighted by Crippen LogP contribution is -2.35. The number of likely N-dealkylation sites (N-methyl/N-ethyl adjacent to an activating group) is 1. The van der Waals surface area contributed by atoms with Gasteiger partial charge in [0.2, 0.25) is 5.91 Å². The van der Waals surface area contributed by atoms with Gasteiger partial charge in [-0.1, -0.05) is 12.1 Å². The van der Waals surface area contributed by atoms with E-state index in [4.69, 9.17) is 0 Å². The number of carbonyl (C=O) groups excluding carboxylic acids is 1. The molecule has 0 unspecified atom stereocenters. The fraction of sp³-hybridized carbons (Fsp3) is 0.400. The Morgan fingerprint density at radius 3 is 2.38 bits per heavy atom. The highest BCUT2D eigenvalue weighted by Gasteiger charge is 2.13. The second-order valence-corrected chi connectivity index (χ2v) is 6.73. The van der Waals surface area contributed by atoms with E-state index < -0.39 is 0 Å². The second-order valence-electron chi connectivity index (χ2n) is 6.73. The Bertz CT molecular complexity index is 778. The van der Waals surface area contributed by atoms with E-state index >= 15 is 0 Å². The minimum absolute atomic E-state index is 0.0705. The molecule has 1 heterocycles. The molecule has 0 spiro atoms. The lowest BCUT2D eigenvalue weighted by molar-refractivity contribution is -0.126. The molecule has 0 aliphatic heterocycles. The number of aryl methyl sites for hydroxylation is 2. The maximum absolute atomic E-state index is 13.1. The minimum Gasteiger partial charge on any atom is -0.334 e. The van der Waals surface area contributed by atoms with Crippen molar-refractivity contribution in [3.05, 3.63) is 58.7 Å². The first kappa shape index (κ1) is 19.8. The number of aromatic nitrogens is 2. The minimum atomic E-state index is -0.276. The fourth-order valence-corrected chi connectivity index (χ4v) is 2.69. The smallest absolute Gasteiger partial charge is 0.246 e. The average Bonchev–Trinajstić information content (AvgIpc) is 2.83. The molecule has 5 nitrogen and oxygen atoms in total. The molecule has 0 aliphatic carbocycles.